The van der Waals surface area contributed by atoms with E-state index >= 15 is 0 Å². The number of hydrogen-bond acceptors (Lipinski definition) is 10. The molecule has 0 amide bonds. The van der Waals surface area contributed by atoms with Gasteiger partial charge >= 0.3 is 0 Å². The summed E-state index contributed by atoms with van der Waals surface area (Å²) >= 11 is 1.71. The quantitative estimate of drug-likeness (QED) is 0.420. The van der Waals surface area contributed by atoms with Gasteiger partial charge in [0.25, 0.3) is 0 Å². The van der Waals surface area contributed by atoms with Gasteiger partial charge < -0.3 is 14.4 Å². The van der Waals surface area contributed by atoms with Crippen LogP contribution in [0.1, 0.15) is 29.5 Å². The molecule has 0 atom stereocenters. The molecule has 0 bridgehead atoms. The van der Waals surface area contributed by atoms with Gasteiger partial charge in [0.1, 0.15) is 18.7 Å². The summed E-state index contributed by atoms with van der Waals surface area (Å²) < 4.78 is 12.6. The van der Waals surface area contributed by atoms with Crippen molar-refractivity contribution in [1.29, 1.82) is 0 Å². The summed E-state index contributed by atoms with van der Waals surface area (Å²) in [5.41, 5.74) is 1.83. The van der Waals surface area contributed by atoms with Crippen LogP contribution >= 0.6 is 11.3 Å². The van der Waals surface area contributed by atoms with Gasteiger partial charge in [-0.05, 0) is 47.5 Å². The molecule has 164 valence electrons. The van der Waals surface area contributed by atoms with Crippen LogP contribution in [0.2, 0.25) is 0 Å². The topological polar surface area (TPSA) is 104 Å². The fourth-order valence-corrected chi connectivity index (χ4v) is 4.59. The molecule has 10 nitrogen and oxygen atoms in total. The summed E-state index contributed by atoms with van der Waals surface area (Å²) in [5.74, 6) is 2.66. The Hall–Kier alpha value is -3.60. The number of piperidine rings is 1. The third-order valence-corrected chi connectivity index (χ3v) is 6.44. The summed E-state index contributed by atoms with van der Waals surface area (Å²) in [7, 11) is 1.62. The molecule has 1 aliphatic heterocycles. The van der Waals surface area contributed by atoms with E-state index in [1.165, 1.54) is 5.01 Å². The number of tetrazole rings is 1. The second kappa shape index (κ2) is 9.27. The third-order valence-electron chi connectivity index (χ3n) is 5.38. The van der Waals surface area contributed by atoms with Crippen molar-refractivity contribution in [2.24, 2.45) is 0 Å². The number of benzene rings is 1. The molecule has 4 heterocycles. The van der Waals surface area contributed by atoms with Gasteiger partial charge in [-0.1, -0.05) is 0 Å². The van der Waals surface area contributed by atoms with E-state index in [0.717, 1.165) is 49.0 Å². The molecule has 3 aromatic heterocycles. The van der Waals surface area contributed by atoms with Gasteiger partial charge in [-0.15, -0.1) is 16.4 Å². The average Bonchev–Trinajstić information content (AvgIpc) is 3.56. The van der Waals surface area contributed by atoms with Crippen molar-refractivity contribution in [3.05, 3.63) is 59.1 Å². The van der Waals surface area contributed by atoms with Crippen molar-refractivity contribution < 1.29 is 9.47 Å². The lowest BCUT2D eigenvalue weighted by molar-refractivity contribution is 0.301. The normalized spacial score (nSPS) is 14.5. The number of aromatic nitrogens is 7. The summed E-state index contributed by atoms with van der Waals surface area (Å²) in [6.07, 6.45) is 7.03. The summed E-state index contributed by atoms with van der Waals surface area (Å²) in [4.78, 5) is 15.8. The van der Waals surface area contributed by atoms with Crippen LogP contribution in [0, 0.1) is 0 Å². The largest absolute Gasteiger partial charge is 0.494 e. The van der Waals surface area contributed by atoms with Crippen molar-refractivity contribution in [2.45, 2.75) is 25.4 Å². The minimum atomic E-state index is 0.444. The predicted molar refractivity (Wildman–Crippen MR) is 118 cm³/mol. The number of nitrogens with zero attached hydrogens (tertiary/aromatic N) is 8. The molecule has 4 aromatic rings. The maximum atomic E-state index is 5.91. The number of thiazole rings is 1. The van der Waals surface area contributed by atoms with Crippen LogP contribution in [0.4, 0.5) is 5.95 Å². The first-order valence-corrected chi connectivity index (χ1v) is 11.2. The minimum absolute atomic E-state index is 0.444. The van der Waals surface area contributed by atoms with Crippen LogP contribution < -0.4 is 14.4 Å². The molecule has 5 rings (SSSR count). The standard InChI is InChI=1S/C21H22N8O2S/c1-30-19-10-22-21(23-11-19)28-8-6-15(7-9-28)20-25-16(13-32-20)12-31-18-4-2-17(3-5-18)29-14-24-26-27-29/h2-5,10-11,13-15H,6-9,12H2,1H3. The van der Waals surface area contributed by atoms with E-state index in [-0.39, 0.29) is 0 Å². The Kier molecular flexibility index (Phi) is 5.88. The Balaban J connectivity index is 1.13. The second-order valence-electron chi connectivity index (χ2n) is 7.40. The summed E-state index contributed by atoms with van der Waals surface area (Å²) in [6, 6.07) is 7.64. The van der Waals surface area contributed by atoms with Gasteiger partial charge in [0.05, 0.1) is 35.9 Å². The van der Waals surface area contributed by atoms with E-state index in [0.29, 0.717) is 18.3 Å². The average molecular weight is 451 g/mol. The molecule has 0 aliphatic carbocycles. The van der Waals surface area contributed by atoms with Crippen LogP contribution in [0.5, 0.6) is 11.5 Å². The fourth-order valence-electron chi connectivity index (χ4n) is 3.61. The van der Waals surface area contributed by atoms with Crippen molar-refractivity contribution in [1.82, 2.24) is 35.2 Å². The lowest BCUT2D eigenvalue weighted by Gasteiger charge is -2.31. The zero-order valence-corrected chi connectivity index (χ0v) is 18.4. The molecule has 0 saturated carbocycles. The maximum Gasteiger partial charge on any atom is 0.225 e. The molecular weight excluding hydrogens is 428 g/mol. The number of hydrogen-bond donors (Lipinski definition) is 0. The van der Waals surface area contributed by atoms with Gasteiger partial charge in [0, 0.05) is 24.4 Å². The molecule has 1 saturated heterocycles. The molecule has 0 spiro atoms. The summed E-state index contributed by atoms with van der Waals surface area (Å²) in [6.45, 7) is 2.27. The zero-order valence-electron chi connectivity index (χ0n) is 17.5. The van der Waals surface area contributed by atoms with Crippen molar-refractivity contribution >= 4 is 17.3 Å². The fraction of sp³-hybridized carbons (Fsp3) is 0.333. The molecule has 1 fully saturated rings. The second-order valence-corrected chi connectivity index (χ2v) is 8.29. The third kappa shape index (κ3) is 4.52. The van der Waals surface area contributed by atoms with Gasteiger partial charge in [0.15, 0.2) is 5.75 Å². The van der Waals surface area contributed by atoms with Gasteiger partial charge in [-0.3, -0.25) is 0 Å². The first kappa shape index (κ1) is 20.3. The molecule has 32 heavy (non-hydrogen) atoms. The van der Waals surface area contributed by atoms with Crippen molar-refractivity contribution in [3.63, 3.8) is 0 Å². The lowest BCUT2D eigenvalue weighted by Crippen LogP contribution is -2.34. The molecule has 11 heteroatoms. The highest BCUT2D eigenvalue weighted by Gasteiger charge is 2.24. The Morgan fingerprint density at radius 1 is 1.06 bits per heavy atom. The Bertz CT molecular complexity index is 1120. The molecule has 0 N–H and O–H groups in total. The Labute approximate surface area is 188 Å². The first-order valence-electron chi connectivity index (χ1n) is 10.3. The van der Waals surface area contributed by atoms with Crippen LogP contribution in [0.15, 0.2) is 48.4 Å². The highest BCUT2D eigenvalue weighted by atomic mass is 32.1. The van der Waals surface area contributed by atoms with Crippen LogP contribution in [-0.2, 0) is 6.61 Å². The Morgan fingerprint density at radius 2 is 1.84 bits per heavy atom. The number of anilines is 1. The molecule has 1 aliphatic rings. The molecular formula is C21H22N8O2S. The Morgan fingerprint density at radius 3 is 2.53 bits per heavy atom. The highest BCUT2D eigenvalue weighted by Crippen LogP contribution is 2.31. The van der Waals surface area contributed by atoms with Crippen molar-refractivity contribution in [2.75, 3.05) is 25.1 Å². The molecule has 0 unspecified atom stereocenters. The summed E-state index contributed by atoms with van der Waals surface area (Å²) in [5, 5.41) is 14.4. The van der Waals surface area contributed by atoms with E-state index in [2.05, 4.69) is 35.8 Å². The smallest absolute Gasteiger partial charge is 0.225 e. The highest BCUT2D eigenvalue weighted by molar-refractivity contribution is 7.09. The number of rotatable bonds is 7. The first-order chi connectivity index (χ1) is 15.8. The lowest BCUT2D eigenvalue weighted by atomic mass is 9.98. The van der Waals surface area contributed by atoms with Gasteiger partial charge in [-0.25, -0.2) is 19.6 Å². The van der Waals surface area contributed by atoms with E-state index < -0.39 is 0 Å². The van der Waals surface area contributed by atoms with E-state index in [1.807, 2.05) is 24.3 Å². The van der Waals surface area contributed by atoms with Crippen molar-refractivity contribution in [3.8, 4) is 17.2 Å². The van der Waals surface area contributed by atoms with E-state index in [4.69, 9.17) is 14.5 Å². The molecule has 1 aromatic carbocycles. The SMILES string of the molecule is COc1cnc(N2CCC(c3nc(COc4ccc(-n5cnnn5)cc4)cs3)CC2)nc1. The van der Waals surface area contributed by atoms with E-state index in [9.17, 15) is 0 Å². The zero-order chi connectivity index (χ0) is 21.8. The monoisotopic (exact) mass is 450 g/mol. The predicted octanol–water partition coefficient (Wildman–Crippen LogP) is 2.88. The minimum Gasteiger partial charge on any atom is -0.494 e. The van der Waals surface area contributed by atoms with Gasteiger partial charge in [0.2, 0.25) is 5.95 Å². The van der Waals surface area contributed by atoms with Crippen LogP contribution in [0.25, 0.3) is 5.69 Å². The van der Waals surface area contributed by atoms with Gasteiger partial charge in [-0.2, -0.15) is 0 Å². The number of methoxy groups -OCH3 is 1. The maximum absolute atomic E-state index is 5.91. The van der Waals surface area contributed by atoms with E-state index in [1.54, 1.807) is 41.8 Å². The number of ether oxygens (including phenoxy) is 2. The van der Waals surface area contributed by atoms with Crippen LogP contribution in [-0.4, -0.2) is 55.4 Å². The molecule has 0 radical (unpaired) electrons. The van der Waals surface area contributed by atoms with Crippen LogP contribution in [0.3, 0.4) is 0 Å².